The number of halogens is 1. The number of methoxy groups -OCH3 is 1. The van der Waals surface area contributed by atoms with Crippen LogP contribution in [0, 0.1) is 5.92 Å². The third-order valence-electron chi connectivity index (χ3n) is 3.61. The molecule has 1 aromatic carbocycles. The van der Waals surface area contributed by atoms with Gasteiger partial charge in [-0.05, 0) is 37.0 Å². The maximum absolute atomic E-state index is 8.69. The number of amidine groups is 1. The van der Waals surface area contributed by atoms with Crippen LogP contribution in [-0.2, 0) is 4.74 Å². The summed E-state index contributed by atoms with van der Waals surface area (Å²) in [5.41, 5.74) is 7.17. The van der Waals surface area contributed by atoms with Crippen LogP contribution in [0.1, 0.15) is 18.4 Å². The Morgan fingerprint density at radius 2 is 2.40 bits per heavy atom. The van der Waals surface area contributed by atoms with Crippen molar-refractivity contribution in [1.82, 2.24) is 0 Å². The van der Waals surface area contributed by atoms with E-state index in [1.54, 1.807) is 13.2 Å². The van der Waals surface area contributed by atoms with Gasteiger partial charge in [0, 0.05) is 25.8 Å². The van der Waals surface area contributed by atoms with Crippen LogP contribution in [0.25, 0.3) is 0 Å². The third kappa shape index (κ3) is 3.35. The molecule has 0 spiro atoms. The number of hydrogen-bond donors (Lipinski definition) is 2. The molecule has 20 heavy (non-hydrogen) atoms. The van der Waals surface area contributed by atoms with Gasteiger partial charge in [0.1, 0.15) is 0 Å². The number of ether oxygens (including phenoxy) is 1. The third-order valence-corrected chi connectivity index (χ3v) is 3.92. The normalized spacial score (nSPS) is 20.2. The van der Waals surface area contributed by atoms with Crippen LogP contribution in [0.4, 0.5) is 5.69 Å². The van der Waals surface area contributed by atoms with Crippen LogP contribution in [0.15, 0.2) is 23.4 Å². The van der Waals surface area contributed by atoms with E-state index < -0.39 is 0 Å². The smallest absolute Gasteiger partial charge is 0.170 e. The fourth-order valence-electron chi connectivity index (χ4n) is 2.64. The van der Waals surface area contributed by atoms with E-state index in [-0.39, 0.29) is 5.84 Å². The lowest BCUT2D eigenvalue weighted by Gasteiger charge is -2.34. The van der Waals surface area contributed by atoms with Gasteiger partial charge in [-0.2, -0.15) is 0 Å². The van der Waals surface area contributed by atoms with Crippen molar-refractivity contribution in [2.24, 2.45) is 16.8 Å². The zero-order valence-electron chi connectivity index (χ0n) is 11.6. The van der Waals surface area contributed by atoms with E-state index in [4.69, 9.17) is 27.3 Å². The molecule has 110 valence electrons. The number of oxime groups is 1. The highest BCUT2D eigenvalue weighted by molar-refractivity contribution is 6.33. The van der Waals surface area contributed by atoms with Gasteiger partial charge in [-0.1, -0.05) is 16.8 Å². The molecular weight excluding hydrogens is 278 g/mol. The van der Waals surface area contributed by atoms with Crippen LogP contribution < -0.4 is 10.6 Å². The van der Waals surface area contributed by atoms with Crippen LogP contribution in [0.2, 0.25) is 5.02 Å². The second-order valence-corrected chi connectivity index (χ2v) is 5.47. The molecule has 1 fully saturated rings. The number of piperidine rings is 1. The molecule has 1 aliphatic rings. The van der Waals surface area contributed by atoms with Crippen molar-refractivity contribution in [3.05, 3.63) is 28.8 Å². The van der Waals surface area contributed by atoms with Gasteiger partial charge in [0.25, 0.3) is 0 Å². The molecule has 5 nitrogen and oxygen atoms in total. The average molecular weight is 298 g/mol. The van der Waals surface area contributed by atoms with E-state index in [1.807, 2.05) is 12.1 Å². The Morgan fingerprint density at radius 3 is 3.05 bits per heavy atom. The summed E-state index contributed by atoms with van der Waals surface area (Å²) in [4.78, 5) is 2.27. The van der Waals surface area contributed by atoms with Gasteiger partial charge in [0.2, 0.25) is 0 Å². The Labute approximate surface area is 124 Å². The molecule has 1 atom stereocenters. The summed E-state index contributed by atoms with van der Waals surface area (Å²) in [5, 5.41) is 12.3. The molecule has 6 heteroatoms. The number of benzene rings is 1. The summed E-state index contributed by atoms with van der Waals surface area (Å²) >= 11 is 6.32. The molecule has 0 bridgehead atoms. The molecular formula is C14H20ClN3O2. The molecule has 0 aromatic heterocycles. The van der Waals surface area contributed by atoms with E-state index >= 15 is 0 Å². The van der Waals surface area contributed by atoms with Crippen LogP contribution in [0.5, 0.6) is 0 Å². The summed E-state index contributed by atoms with van der Waals surface area (Å²) < 4.78 is 5.24. The molecule has 1 saturated heterocycles. The molecule has 3 N–H and O–H groups in total. The van der Waals surface area contributed by atoms with Gasteiger partial charge >= 0.3 is 0 Å². The second kappa shape index (κ2) is 6.81. The van der Waals surface area contributed by atoms with Crippen LogP contribution >= 0.6 is 11.6 Å². The lowest BCUT2D eigenvalue weighted by molar-refractivity contribution is 0.143. The molecule has 0 aliphatic carbocycles. The van der Waals surface area contributed by atoms with Crippen molar-refractivity contribution < 1.29 is 9.94 Å². The number of nitrogens with zero attached hydrogens (tertiary/aromatic N) is 2. The fourth-order valence-corrected chi connectivity index (χ4v) is 2.94. The van der Waals surface area contributed by atoms with Gasteiger partial charge in [-0.3, -0.25) is 0 Å². The Bertz CT molecular complexity index is 491. The Morgan fingerprint density at radius 1 is 1.60 bits per heavy atom. The van der Waals surface area contributed by atoms with E-state index in [0.29, 0.717) is 16.5 Å². The summed E-state index contributed by atoms with van der Waals surface area (Å²) in [6.45, 7) is 2.70. The SMILES string of the molecule is COCC1CCCN(c2ccc(/C(N)=N/O)cc2Cl)C1. The lowest BCUT2D eigenvalue weighted by atomic mass is 9.98. The van der Waals surface area contributed by atoms with E-state index in [1.165, 1.54) is 6.42 Å². The van der Waals surface area contributed by atoms with Crippen molar-refractivity contribution in [2.75, 3.05) is 31.7 Å². The minimum Gasteiger partial charge on any atom is -0.409 e. The fraction of sp³-hybridized carbons (Fsp3) is 0.500. The molecule has 0 radical (unpaired) electrons. The Hall–Kier alpha value is -1.46. The first kappa shape index (κ1) is 14.9. The van der Waals surface area contributed by atoms with Gasteiger partial charge in [-0.15, -0.1) is 0 Å². The highest BCUT2D eigenvalue weighted by Crippen LogP contribution is 2.30. The maximum atomic E-state index is 8.69. The van der Waals surface area contributed by atoms with Crippen LogP contribution in [-0.4, -0.2) is 37.8 Å². The van der Waals surface area contributed by atoms with E-state index in [2.05, 4.69) is 10.1 Å². The first-order valence-electron chi connectivity index (χ1n) is 6.67. The van der Waals surface area contributed by atoms with Gasteiger partial charge in [0.05, 0.1) is 17.3 Å². The standard InChI is InChI=1S/C14H20ClN3O2/c1-20-9-10-3-2-6-18(8-10)13-5-4-11(7-12(13)15)14(16)17-19/h4-5,7,10,19H,2-3,6,8-9H2,1H3,(H2,16,17). The van der Waals surface area contributed by atoms with Gasteiger partial charge in [0.15, 0.2) is 5.84 Å². The number of hydrogen-bond acceptors (Lipinski definition) is 4. The van der Waals surface area contributed by atoms with E-state index in [0.717, 1.165) is 31.8 Å². The lowest BCUT2D eigenvalue weighted by Crippen LogP contribution is -2.37. The number of nitrogens with two attached hydrogens (primary N) is 1. The summed E-state index contributed by atoms with van der Waals surface area (Å²) in [7, 11) is 1.73. The van der Waals surface area contributed by atoms with Crippen LogP contribution in [0.3, 0.4) is 0 Å². The van der Waals surface area contributed by atoms with Gasteiger partial charge in [-0.25, -0.2) is 0 Å². The van der Waals surface area contributed by atoms with Crippen molar-refractivity contribution in [3.63, 3.8) is 0 Å². The minimum atomic E-state index is 0.0642. The minimum absolute atomic E-state index is 0.0642. The largest absolute Gasteiger partial charge is 0.409 e. The Kier molecular flexibility index (Phi) is 5.09. The zero-order chi connectivity index (χ0) is 14.5. The molecule has 1 heterocycles. The second-order valence-electron chi connectivity index (χ2n) is 5.06. The molecule has 0 amide bonds. The average Bonchev–Trinajstić information content (AvgIpc) is 2.47. The molecule has 1 aromatic rings. The van der Waals surface area contributed by atoms with Gasteiger partial charge < -0.3 is 20.6 Å². The summed E-state index contributed by atoms with van der Waals surface area (Å²) in [6, 6.07) is 5.47. The van der Waals surface area contributed by atoms with Crippen molar-refractivity contribution in [3.8, 4) is 0 Å². The molecule has 0 saturated carbocycles. The zero-order valence-corrected chi connectivity index (χ0v) is 12.3. The molecule has 1 unspecified atom stereocenters. The maximum Gasteiger partial charge on any atom is 0.170 e. The molecule has 1 aliphatic heterocycles. The van der Waals surface area contributed by atoms with Crippen molar-refractivity contribution in [2.45, 2.75) is 12.8 Å². The number of anilines is 1. The van der Waals surface area contributed by atoms with Crippen molar-refractivity contribution >= 4 is 23.1 Å². The monoisotopic (exact) mass is 297 g/mol. The highest BCUT2D eigenvalue weighted by atomic mass is 35.5. The predicted molar refractivity (Wildman–Crippen MR) is 80.8 cm³/mol. The van der Waals surface area contributed by atoms with Crippen molar-refractivity contribution in [1.29, 1.82) is 0 Å². The Balaban J connectivity index is 2.16. The van der Waals surface area contributed by atoms with E-state index in [9.17, 15) is 0 Å². The summed E-state index contributed by atoms with van der Waals surface area (Å²) in [5.74, 6) is 0.600. The topological polar surface area (TPSA) is 71.1 Å². The first-order valence-corrected chi connectivity index (χ1v) is 7.04. The summed E-state index contributed by atoms with van der Waals surface area (Å²) in [6.07, 6.45) is 2.32. The predicted octanol–water partition coefficient (Wildman–Crippen LogP) is 2.30. The highest BCUT2D eigenvalue weighted by Gasteiger charge is 2.21. The molecule has 2 rings (SSSR count). The quantitative estimate of drug-likeness (QED) is 0.387. The number of rotatable bonds is 4. The first-order chi connectivity index (χ1) is 9.65.